The average molecular weight is 288 g/mol. The van der Waals surface area contributed by atoms with Gasteiger partial charge >= 0.3 is 5.69 Å². The van der Waals surface area contributed by atoms with Crippen LogP contribution in [0.4, 0.5) is 23.1 Å². The Kier molecular flexibility index (Phi) is 4.29. The molecule has 2 aromatic rings. The molecule has 8 nitrogen and oxygen atoms in total. The van der Waals surface area contributed by atoms with Gasteiger partial charge in [0, 0.05) is 12.2 Å². The quantitative estimate of drug-likeness (QED) is 0.492. The fourth-order valence-corrected chi connectivity index (χ4v) is 2.06. The van der Waals surface area contributed by atoms with Gasteiger partial charge in [-0.3, -0.25) is 15.5 Å². The molecule has 0 spiro atoms. The number of hydrogen-bond acceptors (Lipinski definition) is 7. The maximum Gasteiger partial charge on any atom is 0.330 e. The number of nitrogens with two attached hydrogens (primary N) is 1. The highest BCUT2D eigenvalue weighted by atomic mass is 16.6. The minimum atomic E-state index is -0.503. The predicted octanol–water partition coefficient (Wildman–Crippen LogP) is 2.14. The topological polar surface area (TPSA) is 110 Å². The molecule has 1 aromatic carbocycles. The van der Waals surface area contributed by atoms with Crippen molar-refractivity contribution in [2.75, 3.05) is 16.9 Å². The molecule has 8 heteroatoms. The van der Waals surface area contributed by atoms with Crippen LogP contribution in [-0.4, -0.2) is 21.4 Å². The zero-order chi connectivity index (χ0) is 15.4. The highest BCUT2D eigenvalue weighted by Crippen LogP contribution is 2.33. The first-order valence-electron chi connectivity index (χ1n) is 6.39. The Morgan fingerprint density at radius 3 is 2.71 bits per heavy atom. The van der Waals surface area contributed by atoms with Crippen molar-refractivity contribution in [2.45, 2.75) is 13.8 Å². The zero-order valence-corrected chi connectivity index (χ0v) is 11.8. The van der Waals surface area contributed by atoms with Gasteiger partial charge in [0.25, 0.3) is 0 Å². The third-order valence-corrected chi connectivity index (χ3v) is 3.05. The van der Waals surface area contributed by atoms with E-state index >= 15 is 0 Å². The number of rotatable bonds is 5. The molecule has 0 aliphatic rings. The summed E-state index contributed by atoms with van der Waals surface area (Å²) in [6.45, 7) is 4.35. The second-order valence-corrected chi connectivity index (χ2v) is 4.33. The Morgan fingerprint density at radius 2 is 2.14 bits per heavy atom. The third-order valence-electron chi connectivity index (χ3n) is 3.05. The number of hydrazine groups is 1. The summed E-state index contributed by atoms with van der Waals surface area (Å²) in [6, 6.07) is 7.61. The average Bonchev–Trinajstić information content (AvgIpc) is 2.49. The van der Waals surface area contributed by atoms with Gasteiger partial charge in [0.1, 0.15) is 6.20 Å². The van der Waals surface area contributed by atoms with Crippen LogP contribution in [-0.2, 0) is 0 Å². The minimum absolute atomic E-state index is 0.127. The first kappa shape index (κ1) is 14.7. The molecule has 3 N–H and O–H groups in total. The van der Waals surface area contributed by atoms with Gasteiger partial charge in [-0.2, -0.15) is 4.98 Å². The first-order valence-corrected chi connectivity index (χ1v) is 6.39. The fourth-order valence-electron chi connectivity index (χ4n) is 2.06. The number of hydrogen-bond donors (Lipinski definition) is 2. The van der Waals surface area contributed by atoms with E-state index in [2.05, 4.69) is 15.4 Å². The molecule has 0 aliphatic heterocycles. The highest BCUT2D eigenvalue weighted by Gasteiger charge is 2.23. The fraction of sp³-hybridized carbons (Fsp3) is 0.231. The van der Waals surface area contributed by atoms with Gasteiger partial charge < -0.3 is 4.90 Å². The van der Waals surface area contributed by atoms with E-state index < -0.39 is 4.92 Å². The van der Waals surface area contributed by atoms with E-state index in [0.717, 1.165) is 17.4 Å². The van der Waals surface area contributed by atoms with Crippen molar-refractivity contribution in [1.82, 2.24) is 9.97 Å². The van der Waals surface area contributed by atoms with E-state index in [9.17, 15) is 10.1 Å². The number of nitrogen functional groups attached to an aromatic ring is 1. The number of benzene rings is 1. The lowest BCUT2D eigenvalue weighted by Crippen LogP contribution is -2.21. The minimum Gasteiger partial charge on any atom is -0.321 e. The van der Waals surface area contributed by atoms with E-state index in [-0.39, 0.29) is 17.5 Å². The normalized spacial score (nSPS) is 10.2. The number of aromatic nitrogens is 2. The largest absolute Gasteiger partial charge is 0.330 e. The molecule has 1 heterocycles. The number of aryl methyl sites for hydroxylation is 1. The highest BCUT2D eigenvalue weighted by molar-refractivity contribution is 5.70. The summed E-state index contributed by atoms with van der Waals surface area (Å²) in [7, 11) is 0. The lowest BCUT2D eigenvalue weighted by molar-refractivity contribution is -0.384. The molecule has 0 saturated heterocycles. The van der Waals surface area contributed by atoms with E-state index in [1.807, 2.05) is 38.1 Å². The molecule has 0 radical (unpaired) electrons. The van der Waals surface area contributed by atoms with E-state index in [4.69, 9.17) is 5.84 Å². The van der Waals surface area contributed by atoms with E-state index in [0.29, 0.717) is 6.54 Å². The molecule has 0 bridgehead atoms. The molecular weight excluding hydrogens is 272 g/mol. The Hall–Kier alpha value is -2.74. The Bertz CT molecular complexity index is 661. The zero-order valence-electron chi connectivity index (χ0n) is 11.8. The summed E-state index contributed by atoms with van der Waals surface area (Å²) in [5, 5.41) is 11.2. The second kappa shape index (κ2) is 6.14. The van der Waals surface area contributed by atoms with Crippen molar-refractivity contribution >= 4 is 23.1 Å². The lowest BCUT2D eigenvalue weighted by Gasteiger charge is -2.23. The summed E-state index contributed by atoms with van der Waals surface area (Å²) in [4.78, 5) is 20.4. The molecule has 110 valence electrons. The van der Waals surface area contributed by atoms with Gasteiger partial charge in [-0.25, -0.2) is 10.8 Å². The van der Waals surface area contributed by atoms with Gasteiger partial charge in [-0.05, 0) is 25.5 Å². The Balaban J connectivity index is 2.61. The van der Waals surface area contributed by atoms with Crippen LogP contribution in [0.15, 0.2) is 30.5 Å². The molecule has 0 unspecified atom stereocenters. The standard InChI is InChI=1S/C13H16N6O2/c1-3-18(10-7-5-4-6-9(10)2)12-11(19(20)21)8-15-13(16-12)17-14/h4-8H,3,14H2,1-2H3,(H,15,16,17). The molecule has 0 aliphatic carbocycles. The maximum absolute atomic E-state index is 11.2. The summed E-state index contributed by atoms with van der Waals surface area (Å²) in [5.41, 5.74) is 3.99. The summed E-state index contributed by atoms with van der Waals surface area (Å²) >= 11 is 0. The van der Waals surface area contributed by atoms with E-state index in [1.165, 1.54) is 0 Å². The molecule has 0 fully saturated rings. The van der Waals surface area contributed by atoms with Crippen LogP contribution in [0.1, 0.15) is 12.5 Å². The van der Waals surface area contributed by atoms with Crippen LogP contribution < -0.4 is 16.2 Å². The molecule has 0 atom stereocenters. The van der Waals surface area contributed by atoms with Crippen molar-refractivity contribution in [3.8, 4) is 0 Å². The maximum atomic E-state index is 11.2. The van der Waals surface area contributed by atoms with Crippen LogP contribution >= 0.6 is 0 Å². The molecular formula is C13H16N6O2. The monoisotopic (exact) mass is 288 g/mol. The summed E-state index contributed by atoms with van der Waals surface area (Å²) < 4.78 is 0. The van der Waals surface area contributed by atoms with Gasteiger partial charge in [0.2, 0.25) is 11.8 Å². The summed E-state index contributed by atoms with van der Waals surface area (Å²) in [6.07, 6.45) is 1.15. The van der Waals surface area contributed by atoms with E-state index in [1.54, 1.807) is 4.90 Å². The van der Waals surface area contributed by atoms with Crippen LogP contribution in [0.2, 0.25) is 0 Å². The molecule has 2 rings (SSSR count). The van der Waals surface area contributed by atoms with Gasteiger partial charge in [0.05, 0.1) is 4.92 Å². The Morgan fingerprint density at radius 1 is 1.43 bits per heavy atom. The van der Waals surface area contributed by atoms with Gasteiger partial charge in [0.15, 0.2) is 0 Å². The molecule has 0 amide bonds. The summed E-state index contributed by atoms with van der Waals surface area (Å²) in [5.74, 6) is 5.63. The molecule has 1 aromatic heterocycles. The van der Waals surface area contributed by atoms with Crippen LogP contribution in [0.25, 0.3) is 0 Å². The SMILES string of the molecule is CCN(c1ccccc1C)c1nc(NN)ncc1[N+](=O)[O-]. The number of anilines is 3. The van der Waals surface area contributed by atoms with Crippen molar-refractivity contribution in [1.29, 1.82) is 0 Å². The van der Waals surface area contributed by atoms with Crippen LogP contribution in [0.3, 0.4) is 0 Å². The second-order valence-electron chi connectivity index (χ2n) is 4.33. The van der Waals surface area contributed by atoms with Gasteiger partial charge in [-0.1, -0.05) is 18.2 Å². The predicted molar refractivity (Wildman–Crippen MR) is 80.4 cm³/mol. The molecule has 0 saturated carbocycles. The first-order chi connectivity index (χ1) is 10.1. The van der Waals surface area contributed by atoms with Crippen molar-refractivity contribution in [3.05, 3.63) is 46.1 Å². The van der Waals surface area contributed by atoms with Gasteiger partial charge in [-0.15, -0.1) is 0 Å². The number of nitrogens with zero attached hydrogens (tertiary/aromatic N) is 4. The number of para-hydroxylation sites is 1. The van der Waals surface area contributed by atoms with Crippen molar-refractivity contribution in [3.63, 3.8) is 0 Å². The lowest BCUT2D eigenvalue weighted by atomic mass is 10.2. The van der Waals surface area contributed by atoms with Crippen LogP contribution in [0.5, 0.6) is 0 Å². The molecule has 21 heavy (non-hydrogen) atoms. The van der Waals surface area contributed by atoms with Crippen molar-refractivity contribution < 1.29 is 4.92 Å². The smallest absolute Gasteiger partial charge is 0.321 e. The van der Waals surface area contributed by atoms with Crippen LogP contribution in [0, 0.1) is 17.0 Å². The third kappa shape index (κ3) is 2.90. The number of nitrogens with one attached hydrogen (secondary N) is 1. The Labute approximate surface area is 121 Å². The van der Waals surface area contributed by atoms with Crippen molar-refractivity contribution in [2.24, 2.45) is 5.84 Å². The number of nitro groups is 1.